The first-order chi connectivity index (χ1) is 11.4. The second-order valence-electron chi connectivity index (χ2n) is 6.62. The van der Waals surface area contributed by atoms with Crippen LogP contribution in [0.1, 0.15) is 37.8 Å². The maximum absolute atomic E-state index is 13.7. The molecule has 0 bridgehead atoms. The van der Waals surface area contributed by atoms with E-state index >= 15 is 0 Å². The molecule has 0 unspecified atom stereocenters. The second kappa shape index (κ2) is 6.38. The Balaban J connectivity index is 2.19. The van der Waals surface area contributed by atoms with E-state index in [4.69, 9.17) is 0 Å². The number of aryl methyl sites for hydroxylation is 2. The van der Waals surface area contributed by atoms with Gasteiger partial charge in [0.2, 0.25) is 0 Å². The lowest BCUT2D eigenvalue weighted by Gasteiger charge is -2.35. The van der Waals surface area contributed by atoms with Gasteiger partial charge in [-0.1, -0.05) is 0 Å². The van der Waals surface area contributed by atoms with Crippen molar-refractivity contribution in [3.8, 4) is 11.1 Å². The molecule has 3 nitrogen and oxygen atoms in total. The van der Waals surface area contributed by atoms with Crippen molar-refractivity contribution in [1.82, 2.24) is 4.57 Å². The monoisotopic (exact) mass is 332 g/mol. The molecule has 0 N–H and O–H groups in total. The number of pyridine rings is 1. The van der Waals surface area contributed by atoms with Gasteiger partial charge in [0.05, 0.1) is 0 Å². The van der Waals surface area contributed by atoms with Gasteiger partial charge in [-0.3, -0.25) is 4.79 Å². The van der Waals surface area contributed by atoms with Crippen molar-refractivity contribution >= 4 is 5.69 Å². The third-order valence-corrected chi connectivity index (χ3v) is 4.68. The van der Waals surface area contributed by atoms with Gasteiger partial charge >= 0.3 is 0 Å². The number of alkyl halides is 2. The smallest absolute Gasteiger partial charge is 0.264 e. The van der Waals surface area contributed by atoms with E-state index in [1.165, 1.54) is 10.6 Å². The van der Waals surface area contributed by atoms with Crippen molar-refractivity contribution in [3.63, 3.8) is 0 Å². The van der Waals surface area contributed by atoms with E-state index in [0.717, 1.165) is 30.6 Å². The Morgan fingerprint density at radius 3 is 2.54 bits per heavy atom. The molecule has 5 heteroatoms. The fraction of sp³-hybridized carbons (Fsp3) is 0.421. The predicted octanol–water partition coefficient (Wildman–Crippen LogP) is 4.15. The minimum atomic E-state index is -2.58. The zero-order valence-corrected chi connectivity index (χ0v) is 14.2. The third-order valence-electron chi connectivity index (χ3n) is 4.68. The van der Waals surface area contributed by atoms with E-state index in [9.17, 15) is 13.6 Å². The standard InChI is InChI=1S/C19H22F2N2O/c1-12(2)23-7-4-5-14-9-15(16(19(20)21)11-17(14)23)13-6-8-22(3)18(24)10-13/h6,8-12,19H,4-5,7H2,1-3H3. The predicted molar refractivity (Wildman–Crippen MR) is 92.9 cm³/mol. The highest BCUT2D eigenvalue weighted by atomic mass is 19.3. The first-order valence-electron chi connectivity index (χ1n) is 8.27. The molecule has 2 aromatic rings. The van der Waals surface area contributed by atoms with Crippen molar-refractivity contribution in [2.45, 2.75) is 39.2 Å². The average Bonchev–Trinajstić information content (AvgIpc) is 2.55. The van der Waals surface area contributed by atoms with Crippen LogP contribution >= 0.6 is 0 Å². The molecule has 0 amide bonds. The summed E-state index contributed by atoms with van der Waals surface area (Å²) in [5.41, 5.74) is 2.79. The first kappa shape index (κ1) is 16.7. The van der Waals surface area contributed by atoms with Crippen LogP contribution in [0.2, 0.25) is 0 Å². The molecule has 128 valence electrons. The van der Waals surface area contributed by atoms with Crippen molar-refractivity contribution in [2.24, 2.45) is 7.05 Å². The molecule has 1 aromatic heterocycles. The van der Waals surface area contributed by atoms with E-state index in [1.54, 1.807) is 25.4 Å². The van der Waals surface area contributed by atoms with Crippen molar-refractivity contribution in [3.05, 3.63) is 51.9 Å². The molecular formula is C19H22F2N2O. The van der Waals surface area contributed by atoms with E-state index < -0.39 is 6.43 Å². The van der Waals surface area contributed by atoms with Gasteiger partial charge in [0.1, 0.15) is 0 Å². The highest BCUT2D eigenvalue weighted by Gasteiger charge is 2.24. The highest BCUT2D eigenvalue weighted by molar-refractivity contribution is 5.74. The van der Waals surface area contributed by atoms with Crippen LogP contribution < -0.4 is 10.5 Å². The molecule has 0 aliphatic carbocycles. The Morgan fingerprint density at radius 2 is 1.92 bits per heavy atom. The van der Waals surface area contributed by atoms with E-state index in [-0.39, 0.29) is 17.2 Å². The molecule has 0 spiro atoms. The summed E-state index contributed by atoms with van der Waals surface area (Å²) >= 11 is 0. The fourth-order valence-corrected chi connectivity index (χ4v) is 3.36. The molecule has 24 heavy (non-hydrogen) atoms. The van der Waals surface area contributed by atoms with Crippen molar-refractivity contribution in [1.29, 1.82) is 0 Å². The fourth-order valence-electron chi connectivity index (χ4n) is 3.36. The summed E-state index contributed by atoms with van der Waals surface area (Å²) in [6, 6.07) is 6.88. The maximum Gasteiger partial charge on any atom is 0.264 e. The number of anilines is 1. The number of benzene rings is 1. The minimum absolute atomic E-state index is 0.00504. The summed E-state index contributed by atoms with van der Waals surface area (Å²) < 4.78 is 28.8. The Hall–Kier alpha value is -2.17. The molecule has 1 aliphatic rings. The molecule has 2 heterocycles. The van der Waals surface area contributed by atoms with E-state index in [2.05, 4.69) is 18.7 Å². The van der Waals surface area contributed by atoms with E-state index in [0.29, 0.717) is 11.1 Å². The zero-order chi connectivity index (χ0) is 17.4. The lowest BCUT2D eigenvalue weighted by Crippen LogP contribution is -2.35. The van der Waals surface area contributed by atoms with Crippen LogP contribution in [0, 0.1) is 0 Å². The number of fused-ring (bicyclic) bond motifs is 1. The number of rotatable bonds is 3. The van der Waals surface area contributed by atoms with Crippen molar-refractivity contribution in [2.75, 3.05) is 11.4 Å². The normalized spacial score (nSPS) is 14.4. The quantitative estimate of drug-likeness (QED) is 0.843. The first-order valence-corrected chi connectivity index (χ1v) is 8.27. The van der Waals surface area contributed by atoms with Crippen LogP contribution in [-0.4, -0.2) is 17.2 Å². The molecule has 0 atom stereocenters. The lowest BCUT2D eigenvalue weighted by atomic mass is 9.92. The summed E-state index contributed by atoms with van der Waals surface area (Å²) in [7, 11) is 1.65. The number of hydrogen-bond donors (Lipinski definition) is 0. The van der Waals surface area contributed by atoms with Crippen molar-refractivity contribution < 1.29 is 8.78 Å². The largest absolute Gasteiger partial charge is 0.369 e. The minimum Gasteiger partial charge on any atom is -0.369 e. The molecular weight excluding hydrogens is 310 g/mol. The van der Waals surface area contributed by atoms with Gasteiger partial charge < -0.3 is 9.47 Å². The van der Waals surface area contributed by atoms with Gasteiger partial charge in [-0.05, 0) is 61.6 Å². The maximum atomic E-state index is 13.7. The summed E-state index contributed by atoms with van der Waals surface area (Å²) in [6.07, 6.45) is 0.923. The van der Waals surface area contributed by atoms with E-state index in [1.807, 2.05) is 6.07 Å². The molecule has 0 fully saturated rings. The molecule has 3 rings (SSSR count). The van der Waals surface area contributed by atoms with Crippen LogP contribution in [0.15, 0.2) is 35.3 Å². The highest BCUT2D eigenvalue weighted by Crippen LogP contribution is 2.39. The van der Waals surface area contributed by atoms with Gasteiger partial charge in [-0.2, -0.15) is 0 Å². The Labute approximate surface area is 140 Å². The topological polar surface area (TPSA) is 25.2 Å². The third kappa shape index (κ3) is 2.95. The van der Waals surface area contributed by atoms with Gasteiger partial charge in [-0.15, -0.1) is 0 Å². The summed E-state index contributed by atoms with van der Waals surface area (Å²) in [5.74, 6) is 0. The van der Waals surface area contributed by atoms with Crippen LogP contribution in [0.25, 0.3) is 11.1 Å². The summed E-state index contributed by atoms with van der Waals surface area (Å²) in [5, 5.41) is 0. The Kier molecular flexibility index (Phi) is 4.43. The van der Waals surface area contributed by atoms with Gasteiger partial charge in [0.15, 0.2) is 0 Å². The number of aromatic nitrogens is 1. The summed E-state index contributed by atoms with van der Waals surface area (Å²) in [4.78, 5) is 14.1. The summed E-state index contributed by atoms with van der Waals surface area (Å²) in [6.45, 7) is 5.04. The van der Waals surface area contributed by atoms with Gasteiger partial charge in [0.25, 0.3) is 12.0 Å². The molecule has 0 saturated carbocycles. The van der Waals surface area contributed by atoms with Crippen LogP contribution in [0.4, 0.5) is 14.5 Å². The zero-order valence-electron chi connectivity index (χ0n) is 14.2. The molecule has 1 aromatic carbocycles. The van der Waals surface area contributed by atoms with Crippen LogP contribution in [-0.2, 0) is 13.5 Å². The second-order valence-corrected chi connectivity index (χ2v) is 6.62. The van der Waals surface area contributed by atoms with Crippen LogP contribution in [0.3, 0.4) is 0 Å². The number of nitrogens with zero attached hydrogens (tertiary/aromatic N) is 2. The molecule has 0 radical (unpaired) electrons. The molecule has 0 saturated heterocycles. The van der Waals surface area contributed by atoms with Gasteiger partial charge in [0, 0.05) is 43.1 Å². The number of halogens is 2. The number of hydrogen-bond acceptors (Lipinski definition) is 2. The lowest BCUT2D eigenvalue weighted by molar-refractivity contribution is 0.152. The molecule has 1 aliphatic heterocycles. The van der Waals surface area contributed by atoms with Crippen LogP contribution in [0.5, 0.6) is 0 Å². The SMILES string of the molecule is CC(C)N1CCCc2cc(-c3ccn(C)c(=O)c3)c(C(F)F)cc21. The average molecular weight is 332 g/mol. The Bertz CT molecular complexity index is 811. The van der Waals surface area contributed by atoms with Gasteiger partial charge in [-0.25, -0.2) is 8.78 Å². The Morgan fingerprint density at radius 1 is 1.17 bits per heavy atom.